The lowest BCUT2D eigenvalue weighted by atomic mass is 9.89. The Bertz CT molecular complexity index is 1500. The van der Waals surface area contributed by atoms with Crippen LogP contribution in [0, 0.1) is 0 Å². The SMILES string of the molecule is NS(=O)(=O)c1nc2ccc(OCCOC(=O)C(F)(F)C(F)(F)C(F)(F)C(F)(F)C(F)(F)C(F)(F)C(F)(F)C(F)(F)F)cc2s1. The number of hydrogen-bond acceptors (Lipinski definition) is 7. The van der Waals surface area contributed by atoms with E-state index in [-0.39, 0.29) is 16.0 Å². The average molecular weight is 720 g/mol. The fourth-order valence-corrected chi connectivity index (χ4v) is 4.46. The standard InChI is InChI=1S/C18H9F17N2O5S2/c19-11(20,9(38)42-4-3-41-6-1-2-7-8(5-6)43-10(37-7)44(36,39)40)12(21,22)13(23,24)14(25,26)15(27,28)16(29,30)17(31,32)18(33,34)35/h1-2,5H,3-4H2,(H2,36,39,40). The Kier molecular flexibility index (Phi) is 9.21. The van der Waals surface area contributed by atoms with Gasteiger partial charge in [-0.3, -0.25) is 0 Å². The van der Waals surface area contributed by atoms with Crippen molar-refractivity contribution in [1.29, 1.82) is 0 Å². The molecule has 252 valence electrons. The van der Waals surface area contributed by atoms with Crippen LogP contribution in [0.3, 0.4) is 0 Å². The quantitative estimate of drug-likeness (QED) is 0.167. The normalized spacial score (nSPS) is 15.0. The number of carbonyl (C=O) groups excluding carboxylic acids is 1. The molecule has 7 nitrogen and oxygen atoms in total. The Morgan fingerprint density at radius 2 is 1.18 bits per heavy atom. The van der Waals surface area contributed by atoms with Gasteiger partial charge < -0.3 is 9.47 Å². The second-order valence-electron chi connectivity index (χ2n) is 8.16. The molecule has 0 atom stereocenters. The first kappa shape index (κ1) is 37.3. The van der Waals surface area contributed by atoms with Crippen molar-refractivity contribution in [3.05, 3.63) is 18.2 Å². The summed E-state index contributed by atoms with van der Waals surface area (Å²) in [5, 5.41) is 4.87. The number of alkyl halides is 17. The monoisotopic (exact) mass is 720 g/mol. The van der Waals surface area contributed by atoms with E-state index in [1.54, 1.807) is 0 Å². The Labute approximate surface area is 234 Å². The molecular weight excluding hydrogens is 711 g/mol. The first-order chi connectivity index (χ1) is 19.3. The van der Waals surface area contributed by atoms with Crippen LogP contribution >= 0.6 is 11.3 Å². The van der Waals surface area contributed by atoms with Crippen LogP contribution in [0.2, 0.25) is 0 Å². The Morgan fingerprint density at radius 1 is 0.727 bits per heavy atom. The van der Waals surface area contributed by atoms with Gasteiger partial charge in [0.25, 0.3) is 10.0 Å². The van der Waals surface area contributed by atoms with Gasteiger partial charge >= 0.3 is 53.6 Å². The van der Waals surface area contributed by atoms with Crippen molar-refractivity contribution in [3.63, 3.8) is 0 Å². The minimum atomic E-state index is -8.83. The van der Waals surface area contributed by atoms with E-state index >= 15 is 0 Å². The number of carbonyl (C=O) groups is 1. The molecule has 0 aliphatic carbocycles. The second-order valence-corrected chi connectivity index (χ2v) is 10.9. The van der Waals surface area contributed by atoms with E-state index in [4.69, 9.17) is 9.88 Å². The number of aromatic nitrogens is 1. The summed E-state index contributed by atoms with van der Waals surface area (Å²) in [4.78, 5) is 15.0. The molecule has 2 rings (SSSR count). The number of hydrogen-bond donors (Lipinski definition) is 1. The zero-order valence-electron chi connectivity index (χ0n) is 20.0. The molecule has 0 saturated carbocycles. The van der Waals surface area contributed by atoms with Gasteiger partial charge in [-0.15, -0.1) is 11.3 Å². The van der Waals surface area contributed by atoms with Crippen molar-refractivity contribution in [2.45, 2.75) is 52.0 Å². The molecule has 0 radical (unpaired) electrons. The van der Waals surface area contributed by atoms with Crippen molar-refractivity contribution in [1.82, 2.24) is 4.98 Å². The highest BCUT2D eigenvalue weighted by atomic mass is 32.2. The molecule has 0 spiro atoms. The molecule has 0 saturated heterocycles. The number of nitrogens with two attached hydrogens (primary N) is 1. The van der Waals surface area contributed by atoms with Crippen molar-refractivity contribution < 1.29 is 97.3 Å². The van der Waals surface area contributed by atoms with Crippen molar-refractivity contribution >= 4 is 37.5 Å². The van der Waals surface area contributed by atoms with Crippen LogP contribution in [0.5, 0.6) is 5.75 Å². The summed E-state index contributed by atoms with van der Waals surface area (Å²) in [6, 6.07) is 3.09. The van der Waals surface area contributed by atoms with E-state index < -0.39 is 81.2 Å². The minimum Gasteiger partial charge on any atom is -0.490 e. The molecule has 2 N–H and O–H groups in total. The largest absolute Gasteiger partial charge is 0.490 e. The maximum atomic E-state index is 13.8. The Morgan fingerprint density at radius 3 is 1.64 bits per heavy atom. The second kappa shape index (κ2) is 10.9. The van der Waals surface area contributed by atoms with Gasteiger partial charge in [0.2, 0.25) is 4.34 Å². The van der Waals surface area contributed by atoms with Crippen LogP contribution < -0.4 is 9.88 Å². The summed E-state index contributed by atoms with van der Waals surface area (Å²) in [5.41, 5.74) is 0.0165. The van der Waals surface area contributed by atoms with Gasteiger partial charge in [-0.25, -0.2) is 23.3 Å². The van der Waals surface area contributed by atoms with E-state index in [2.05, 4.69) is 9.72 Å². The fraction of sp³-hybridized carbons (Fsp3) is 0.556. The van der Waals surface area contributed by atoms with Crippen LogP contribution in [0.25, 0.3) is 10.2 Å². The zero-order valence-corrected chi connectivity index (χ0v) is 21.6. The molecule has 2 aromatic rings. The fourth-order valence-electron chi connectivity index (χ4n) is 2.77. The number of halogens is 17. The molecule has 0 aliphatic rings. The molecular formula is C18H9F17N2O5S2. The topological polar surface area (TPSA) is 109 Å². The highest BCUT2D eigenvalue weighted by Gasteiger charge is 2.96. The molecule has 0 bridgehead atoms. The first-order valence-corrected chi connectivity index (χ1v) is 12.6. The van der Waals surface area contributed by atoms with E-state index in [9.17, 15) is 87.8 Å². The third-order valence-corrected chi connectivity index (χ3v) is 7.49. The van der Waals surface area contributed by atoms with Gasteiger partial charge in [0.1, 0.15) is 19.0 Å². The van der Waals surface area contributed by atoms with E-state index in [1.807, 2.05) is 0 Å². The number of rotatable bonds is 12. The van der Waals surface area contributed by atoms with Crippen molar-refractivity contribution in [3.8, 4) is 5.75 Å². The molecule has 0 aliphatic heterocycles. The number of nitrogens with zero attached hydrogens (tertiary/aromatic N) is 1. The summed E-state index contributed by atoms with van der Waals surface area (Å²) < 4.78 is 256. The first-order valence-electron chi connectivity index (χ1n) is 10.3. The molecule has 26 heteroatoms. The number of benzene rings is 1. The number of sulfonamides is 1. The van der Waals surface area contributed by atoms with Crippen molar-refractivity contribution in [2.75, 3.05) is 13.2 Å². The highest BCUT2D eigenvalue weighted by molar-refractivity contribution is 7.91. The van der Waals surface area contributed by atoms with Gasteiger partial charge in [0.05, 0.1) is 10.2 Å². The molecule has 0 fully saturated rings. The third-order valence-electron chi connectivity index (χ3n) is 5.15. The Hall–Kier alpha value is -2.90. The lowest BCUT2D eigenvalue weighted by Crippen LogP contribution is -2.75. The molecule has 0 amide bonds. The van der Waals surface area contributed by atoms with Gasteiger partial charge in [-0.05, 0) is 18.2 Å². The predicted molar refractivity (Wildman–Crippen MR) is 108 cm³/mol. The van der Waals surface area contributed by atoms with E-state index in [0.717, 1.165) is 18.2 Å². The smallest absolute Gasteiger partial charge is 0.460 e. The zero-order chi connectivity index (χ0) is 34.8. The number of fused-ring (bicyclic) bond motifs is 1. The highest BCUT2D eigenvalue weighted by Crippen LogP contribution is 2.64. The van der Waals surface area contributed by atoms with E-state index in [0.29, 0.717) is 11.3 Å². The summed E-state index contributed by atoms with van der Waals surface area (Å²) in [7, 11) is -4.26. The molecule has 1 aromatic heterocycles. The van der Waals surface area contributed by atoms with Crippen LogP contribution in [-0.4, -0.2) is 80.2 Å². The third kappa shape index (κ3) is 5.66. The molecule has 1 heterocycles. The van der Waals surface area contributed by atoms with Gasteiger partial charge in [0.15, 0.2) is 0 Å². The summed E-state index contributed by atoms with van der Waals surface area (Å²) >= 11 is 0.476. The van der Waals surface area contributed by atoms with Crippen LogP contribution in [-0.2, 0) is 19.6 Å². The molecule has 1 aromatic carbocycles. The maximum Gasteiger partial charge on any atom is 0.460 e. The van der Waals surface area contributed by atoms with Crippen LogP contribution in [0.15, 0.2) is 22.5 Å². The Balaban J connectivity index is 2.24. The van der Waals surface area contributed by atoms with Gasteiger partial charge in [-0.1, -0.05) is 0 Å². The summed E-state index contributed by atoms with van der Waals surface area (Å²) in [6.07, 6.45) is -7.88. The molecule has 44 heavy (non-hydrogen) atoms. The number of primary sulfonamides is 1. The number of thiazole rings is 1. The lowest BCUT2D eigenvalue weighted by Gasteiger charge is -2.42. The van der Waals surface area contributed by atoms with Crippen LogP contribution in [0.1, 0.15) is 0 Å². The van der Waals surface area contributed by atoms with Crippen LogP contribution in [0.4, 0.5) is 74.6 Å². The van der Waals surface area contributed by atoms with Gasteiger partial charge in [0, 0.05) is 0 Å². The number of esters is 1. The summed E-state index contributed by atoms with van der Waals surface area (Å²) in [6.45, 7) is -2.81. The summed E-state index contributed by atoms with van der Waals surface area (Å²) in [5.74, 6) is -63.1. The minimum absolute atomic E-state index is 0.0165. The maximum absolute atomic E-state index is 13.8. The lowest BCUT2D eigenvalue weighted by molar-refractivity contribution is -0.460. The van der Waals surface area contributed by atoms with E-state index in [1.165, 1.54) is 0 Å². The average Bonchev–Trinajstić information content (AvgIpc) is 3.29. The molecule has 0 unspecified atom stereocenters. The predicted octanol–water partition coefficient (Wildman–Crippen LogP) is 5.88. The van der Waals surface area contributed by atoms with Crippen molar-refractivity contribution in [2.24, 2.45) is 5.14 Å². The van der Waals surface area contributed by atoms with Gasteiger partial charge in [-0.2, -0.15) is 74.6 Å². The number of ether oxygens (including phenoxy) is 2.